The van der Waals surface area contributed by atoms with Crippen LogP contribution in [0.25, 0.3) is 0 Å². The number of halogens is 1. The highest BCUT2D eigenvalue weighted by molar-refractivity contribution is 6.32. The van der Waals surface area contributed by atoms with Crippen molar-refractivity contribution in [3.05, 3.63) is 58.1 Å². The maximum absolute atomic E-state index is 13.1. The fraction of sp³-hybridized carbons (Fsp3) is 0.375. The summed E-state index contributed by atoms with van der Waals surface area (Å²) < 4.78 is 11.1. The van der Waals surface area contributed by atoms with Crippen molar-refractivity contribution in [3.8, 4) is 11.5 Å². The lowest BCUT2D eigenvalue weighted by molar-refractivity contribution is -0.125. The van der Waals surface area contributed by atoms with Gasteiger partial charge in [0, 0.05) is 6.54 Å². The van der Waals surface area contributed by atoms with Crippen LogP contribution in [-0.4, -0.2) is 48.4 Å². The van der Waals surface area contributed by atoms with Crippen molar-refractivity contribution in [2.24, 2.45) is 5.92 Å². The molecule has 2 aromatic carbocycles. The van der Waals surface area contributed by atoms with Gasteiger partial charge in [-0.25, -0.2) is 0 Å². The number of nitrogens with one attached hydrogen (secondary N) is 1. The average molecular weight is 457 g/mol. The van der Waals surface area contributed by atoms with E-state index in [1.54, 1.807) is 30.3 Å². The van der Waals surface area contributed by atoms with Gasteiger partial charge in [0.15, 0.2) is 11.5 Å². The minimum Gasteiger partial charge on any atom is -0.486 e. The van der Waals surface area contributed by atoms with E-state index in [-0.39, 0.29) is 11.8 Å². The summed E-state index contributed by atoms with van der Waals surface area (Å²) in [5.41, 5.74) is 1.57. The van der Waals surface area contributed by atoms with Crippen molar-refractivity contribution in [1.82, 2.24) is 10.2 Å². The summed E-state index contributed by atoms with van der Waals surface area (Å²) in [6, 6.07) is 9.43. The second kappa shape index (κ2) is 9.20. The first-order valence-electron chi connectivity index (χ1n) is 10.7. The number of hydrogen-bond donors (Lipinski definition) is 1. The van der Waals surface area contributed by atoms with Crippen LogP contribution in [-0.2, 0) is 11.2 Å². The molecule has 2 heterocycles. The third-order valence-corrected chi connectivity index (χ3v) is 5.78. The number of carbonyl (C=O) groups excluding carboxylic acids is 3. The van der Waals surface area contributed by atoms with Crippen LogP contribution in [0, 0.1) is 5.92 Å². The van der Waals surface area contributed by atoms with E-state index in [1.807, 2.05) is 19.9 Å². The average Bonchev–Trinajstić information content (AvgIpc) is 3.02. The molecular weight excluding hydrogens is 432 g/mol. The van der Waals surface area contributed by atoms with Crippen molar-refractivity contribution in [2.45, 2.75) is 32.7 Å². The first-order valence-corrected chi connectivity index (χ1v) is 11.1. The second-order valence-corrected chi connectivity index (χ2v) is 8.72. The van der Waals surface area contributed by atoms with Crippen LogP contribution in [0.5, 0.6) is 11.5 Å². The molecule has 4 rings (SSSR count). The number of benzene rings is 2. The highest BCUT2D eigenvalue weighted by atomic mass is 35.5. The summed E-state index contributed by atoms with van der Waals surface area (Å²) in [4.78, 5) is 39.9. The Morgan fingerprint density at radius 3 is 2.41 bits per heavy atom. The van der Waals surface area contributed by atoms with Crippen molar-refractivity contribution in [1.29, 1.82) is 0 Å². The highest BCUT2D eigenvalue weighted by Gasteiger charge is 2.42. The van der Waals surface area contributed by atoms with E-state index < -0.39 is 17.9 Å². The predicted octanol–water partition coefficient (Wildman–Crippen LogP) is 3.48. The number of fused-ring (bicyclic) bond motifs is 2. The van der Waals surface area contributed by atoms with Gasteiger partial charge in [-0.15, -0.1) is 0 Å². The Labute approximate surface area is 191 Å². The van der Waals surface area contributed by atoms with Gasteiger partial charge >= 0.3 is 0 Å². The number of carbonyl (C=O) groups is 3. The summed E-state index contributed by atoms with van der Waals surface area (Å²) in [5, 5.41) is 3.35. The van der Waals surface area contributed by atoms with E-state index >= 15 is 0 Å². The molecule has 0 saturated heterocycles. The van der Waals surface area contributed by atoms with E-state index in [9.17, 15) is 14.4 Å². The standard InChI is InChI=1S/C24H25ClN2O5/c1-14(2)11-19(27-23(29)16-5-3-4-6-17(16)24(27)30)22(28)26-8-7-15-12-18(25)21-20(13-15)31-9-10-32-21/h3-6,12-14,19H,7-11H2,1-2H3,(H,26,28). The summed E-state index contributed by atoms with van der Waals surface area (Å²) >= 11 is 6.28. The molecule has 1 atom stereocenters. The molecule has 0 saturated carbocycles. The van der Waals surface area contributed by atoms with Gasteiger partial charge < -0.3 is 14.8 Å². The maximum Gasteiger partial charge on any atom is 0.262 e. The molecule has 8 heteroatoms. The van der Waals surface area contributed by atoms with Gasteiger partial charge in [-0.1, -0.05) is 37.6 Å². The van der Waals surface area contributed by atoms with Crippen molar-refractivity contribution >= 4 is 29.3 Å². The molecule has 2 aliphatic heterocycles. The van der Waals surface area contributed by atoms with E-state index in [0.717, 1.165) is 10.5 Å². The molecule has 32 heavy (non-hydrogen) atoms. The molecule has 1 N–H and O–H groups in total. The van der Waals surface area contributed by atoms with E-state index in [2.05, 4.69) is 5.32 Å². The third kappa shape index (κ3) is 4.30. The van der Waals surface area contributed by atoms with Crippen LogP contribution in [0.3, 0.4) is 0 Å². The Morgan fingerprint density at radius 2 is 1.75 bits per heavy atom. The van der Waals surface area contributed by atoms with Crippen LogP contribution >= 0.6 is 11.6 Å². The van der Waals surface area contributed by atoms with Crippen molar-refractivity contribution in [3.63, 3.8) is 0 Å². The Kier molecular flexibility index (Phi) is 6.37. The predicted molar refractivity (Wildman–Crippen MR) is 119 cm³/mol. The zero-order chi connectivity index (χ0) is 22.8. The van der Waals surface area contributed by atoms with Gasteiger partial charge in [-0.05, 0) is 48.6 Å². The monoisotopic (exact) mass is 456 g/mol. The van der Waals surface area contributed by atoms with E-state index in [0.29, 0.717) is 60.2 Å². The lowest BCUT2D eigenvalue weighted by Crippen LogP contribution is -2.50. The molecular formula is C24H25ClN2O5. The van der Waals surface area contributed by atoms with E-state index in [4.69, 9.17) is 21.1 Å². The third-order valence-electron chi connectivity index (χ3n) is 5.50. The molecule has 7 nitrogen and oxygen atoms in total. The molecule has 0 radical (unpaired) electrons. The Balaban J connectivity index is 1.45. The SMILES string of the molecule is CC(C)CC(C(=O)NCCc1cc(Cl)c2c(c1)OCCO2)N1C(=O)c2ccccc2C1=O. The Hall–Kier alpha value is -3.06. The van der Waals surface area contributed by atoms with Crippen LogP contribution in [0.1, 0.15) is 46.5 Å². The topological polar surface area (TPSA) is 84.9 Å². The summed E-state index contributed by atoms with van der Waals surface area (Å²) in [6.45, 7) is 5.15. The first-order chi connectivity index (χ1) is 15.4. The van der Waals surface area contributed by atoms with Crippen LogP contribution in [0.2, 0.25) is 5.02 Å². The largest absolute Gasteiger partial charge is 0.486 e. The number of hydrogen-bond acceptors (Lipinski definition) is 5. The van der Waals surface area contributed by atoms with Crippen LogP contribution in [0.4, 0.5) is 0 Å². The quantitative estimate of drug-likeness (QED) is 0.645. The smallest absolute Gasteiger partial charge is 0.262 e. The van der Waals surface area contributed by atoms with Gasteiger partial charge in [0.2, 0.25) is 5.91 Å². The minimum atomic E-state index is -0.869. The molecule has 0 aromatic heterocycles. The number of imide groups is 1. The van der Waals surface area contributed by atoms with Crippen molar-refractivity contribution < 1.29 is 23.9 Å². The fourth-order valence-corrected chi connectivity index (χ4v) is 4.31. The van der Waals surface area contributed by atoms with E-state index in [1.165, 1.54) is 0 Å². The fourth-order valence-electron chi connectivity index (χ4n) is 4.02. The van der Waals surface area contributed by atoms with Crippen molar-refractivity contribution in [2.75, 3.05) is 19.8 Å². The van der Waals surface area contributed by atoms with Gasteiger partial charge in [0.05, 0.1) is 16.1 Å². The van der Waals surface area contributed by atoms with Crippen LogP contribution in [0.15, 0.2) is 36.4 Å². The first kappa shape index (κ1) is 22.1. The molecule has 2 aromatic rings. The number of ether oxygens (including phenoxy) is 2. The van der Waals surface area contributed by atoms with Gasteiger partial charge in [0.1, 0.15) is 19.3 Å². The van der Waals surface area contributed by atoms with Gasteiger partial charge in [-0.2, -0.15) is 0 Å². The molecule has 0 aliphatic carbocycles. The second-order valence-electron chi connectivity index (χ2n) is 8.31. The molecule has 3 amide bonds. The lowest BCUT2D eigenvalue weighted by Gasteiger charge is -2.27. The molecule has 168 valence electrons. The van der Waals surface area contributed by atoms with Gasteiger partial charge in [-0.3, -0.25) is 19.3 Å². The summed E-state index contributed by atoms with van der Waals surface area (Å²) in [6.07, 6.45) is 0.895. The molecule has 0 fully saturated rings. The minimum absolute atomic E-state index is 0.117. The molecule has 2 aliphatic rings. The zero-order valence-corrected chi connectivity index (χ0v) is 18.8. The molecule has 0 spiro atoms. The Bertz CT molecular complexity index is 1030. The molecule has 0 bridgehead atoms. The number of rotatable bonds is 7. The van der Waals surface area contributed by atoms with Gasteiger partial charge in [0.25, 0.3) is 11.8 Å². The number of amides is 3. The Morgan fingerprint density at radius 1 is 1.09 bits per heavy atom. The lowest BCUT2D eigenvalue weighted by atomic mass is 10.0. The zero-order valence-electron chi connectivity index (χ0n) is 18.0. The number of nitrogens with zero attached hydrogens (tertiary/aromatic N) is 1. The highest BCUT2D eigenvalue weighted by Crippen LogP contribution is 2.38. The maximum atomic E-state index is 13.1. The van der Waals surface area contributed by atoms with Crippen LogP contribution < -0.4 is 14.8 Å². The summed E-state index contributed by atoms with van der Waals surface area (Å²) in [7, 11) is 0. The molecule has 1 unspecified atom stereocenters. The summed E-state index contributed by atoms with van der Waals surface area (Å²) in [5.74, 6) is 0.0423. The normalized spacial score (nSPS) is 15.7.